The van der Waals surface area contributed by atoms with Gasteiger partial charge in [0.1, 0.15) is 6.54 Å². The lowest BCUT2D eigenvalue weighted by atomic mass is 9.95. The van der Waals surface area contributed by atoms with Gasteiger partial charge in [0.05, 0.1) is 12.6 Å². The number of amides is 1. The second kappa shape index (κ2) is 5.22. The smallest absolute Gasteiger partial charge is 0.377 e. The number of halogens is 3. The van der Waals surface area contributed by atoms with E-state index in [1.54, 1.807) is 0 Å². The Morgan fingerprint density at radius 3 is 2.65 bits per heavy atom. The molecule has 2 unspecified atom stereocenters. The first-order valence-electron chi connectivity index (χ1n) is 5.43. The Kier molecular flexibility index (Phi) is 4.37. The Bertz CT molecular complexity index is 283. The van der Waals surface area contributed by atoms with Crippen LogP contribution < -0.4 is 10.6 Å². The fourth-order valence-electron chi connectivity index (χ4n) is 1.61. The van der Waals surface area contributed by atoms with Crippen LogP contribution in [0.1, 0.15) is 20.3 Å². The number of rotatable bonds is 4. The lowest BCUT2D eigenvalue weighted by Gasteiger charge is -2.28. The molecule has 1 amide bonds. The van der Waals surface area contributed by atoms with Gasteiger partial charge in [-0.25, -0.2) is 0 Å². The van der Waals surface area contributed by atoms with Crippen molar-refractivity contribution in [3.63, 3.8) is 0 Å². The number of hydrogen-bond acceptors (Lipinski definition) is 3. The summed E-state index contributed by atoms with van der Waals surface area (Å²) in [7, 11) is 0. The molecule has 0 aromatic rings. The molecular formula is C10H17F3N2O2. The molecule has 2 atom stereocenters. The summed E-state index contributed by atoms with van der Waals surface area (Å²) in [6.07, 6.45) is -3.69. The second-order valence-corrected chi connectivity index (χ2v) is 4.43. The summed E-state index contributed by atoms with van der Waals surface area (Å²) in [6, 6.07) is 0. The fraction of sp³-hybridized carbons (Fsp3) is 0.900. The standard InChI is InChI=1S/C10H17F3N2O2/c1-7-9(2,3-4-17-7)15-5-8(16)14-6-10(11,12)13/h7,15H,3-6H2,1-2H3,(H,14,16). The number of hydrogen-bond donors (Lipinski definition) is 2. The van der Waals surface area contributed by atoms with E-state index in [2.05, 4.69) is 5.32 Å². The van der Waals surface area contributed by atoms with E-state index in [4.69, 9.17) is 4.74 Å². The lowest BCUT2D eigenvalue weighted by molar-refractivity contribution is -0.138. The topological polar surface area (TPSA) is 50.4 Å². The molecule has 0 aromatic carbocycles. The van der Waals surface area contributed by atoms with Crippen LogP contribution in [0.3, 0.4) is 0 Å². The number of nitrogens with one attached hydrogen (secondary N) is 2. The van der Waals surface area contributed by atoms with Gasteiger partial charge in [-0.1, -0.05) is 0 Å². The molecule has 0 aliphatic carbocycles. The van der Waals surface area contributed by atoms with Gasteiger partial charge in [0.25, 0.3) is 0 Å². The normalized spacial score (nSPS) is 29.4. The molecule has 1 fully saturated rings. The van der Waals surface area contributed by atoms with Crippen LogP contribution in [-0.2, 0) is 9.53 Å². The predicted octanol–water partition coefficient (Wildman–Crippen LogP) is 0.822. The van der Waals surface area contributed by atoms with E-state index in [-0.39, 0.29) is 18.2 Å². The molecule has 0 radical (unpaired) electrons. The maximum atomic E-state index is 11.8. The van der Waals surface area contributed by atoms with Crippen LogP contribution in [0.2, 0.25) is 0 Å². The highest BCUT2D eigenvalue weighted by atomic mass is 19.4. The van der Waals surface area contributed by atoms with Crippen LogP contribution in [0.4, 0.5) is 13.2 Å². The molecule has 1 aliphatic heterocycles. The highest BCUT2D eigenvalue weighted by molar-refractivity contribution is 5.78. The highest BCUT2D eigenvalue weighted by Crippen LogP contribution is 2.24. The van der Waals surface area contributed by atoms with Crippen molar-refractivity contribution in [2.45, 2.75) is 38.1 Å². The highest BCUT2D eigenvalue weighted by Gasteiger charge is 2.37. The summed E-state index contributed by atoms with van der Waals surface area (Å²) in [5.74, 6) is -0.664. The SMILES string of the molecule is CC1OCCC1(C)NCC(=O)NCC(F)(F)F. The van der Waals surface area contributed by atoms with Gasteiger partial charge in [0.15, 0.2) is 0 Å². The van der Waals surface area contributed by atoms with Crippen LogP contribution in [-0.4, -0.2) is 43.4 Å². The Morgan fingerprint density at radius 2 is 2.18 bits per heavy atom. The van der Waals surface area contributed by atoms with Crippen LogP contribution in [0.15, 0.2) is 0 Å². The van der Waals surface area contributed by atoms with Crippen molar-refractivity contribution in [1.29, 1.82) is 0 Å². The van der Waals surface area contributed by atoms with Gasteiger partial charge in [-0.3, -0.25) is 4.79 Å². The largest absolute Gasteiger partial charge is 0.405 e. The zero-order valence-electron chi connectivity index (χ0n) is 9.86. The summed E-state index contributed by atoms with van der Waals surface area (Å²) >= 11 is 0. The van der Waals surface area contributed by atoms with E-state index in [1.807, 2.05) is 19.2 Å². The van der Waals surface area contributed by atoms with Gasteiger partial charge in [-0.15, -0.1) is 0 Å². The zero-order chi connectivity index (χ0) is 13.1. The molecule has 0 spiro atoms. The zero-order valence-corrected chi connectivity index (χ0v) is 9.86. The average Bonchev–Trinajstić information content (AvgIpc) is 2.53. The average molecular weight is 254 g/mol. The molecular weight excluding hydrogens is 237 g/mol. The predicted molar refractivity (Wildman–Crippen MR) is 55.5 cm³/mol. The van der Waals surface area contributed by atoms with Gasteiger partial charge < -0.3 is 15.4 Å². The number of carbonyl (C=O) groups excluding carboxylic acids is 1. The minimum atomic E-state index is -4.37. The van der Waals surface area contributed by atoms with E-state index < -0.39 is 18.6 Å². The Morgan fingerprint density at radius 1 is 1.53 bits per heavy atom. The van der Waals surface area contributed by atoms with Crippen molar-refractivity contribution in [1.82, 2.24) is 10.6 Å². The third-order valence-electron chi connectivity index (χ3n) is 3.03. The minimum absolute atomic E-state index is 0.0575. The van der Waals surface area contributed by atoms with Gasteiger partial charge >= 0.3 is 6.18 Å². The van der Waals surface area contributed by atoms with Gasteiger partial charge in [-0.05, 0) is 20.3 Å². The molecule has 1 rings (SSSR count). The third-order valence-corrected chi connectivity index (χ3v) is 3.03. The Labute approximate surface area is 97.9 Å². The summed E-state index contributed by atoms with van der Waals surface area (Å²) in [6.45, 7) is 2.92. The first kappa shape index (κ1) is 14.2. The molecule has 4 nitrogen and oxygen atoms in total. The summed E-state index contributed by atoms with van der Waals surface area (Å²) in [5.41, 5.74) is -0.352. The van der Waals surface area contributed by atoms with E-state index in [9.17, 15) is 18.0 Å². The van der Waals surface area contributed by atoms with E-state index in [0.717, 1.165) is 6.42 Å². The van der Waals surface area contributed by atoms with Crippen molar-refractivity contribution in [3.05, 3.63) is 0 Å². The lowest BCUT2D eigenvalue weighted by Crippen LogP contribution is -2.51. The quantitative estimate of drug-likeness (QED) is 0.781. The number of alkyl halides is 3. The molecule has 17 heavy (non-hydrogen) atoms. The van der Waals surface area contributed by atoms with Crippen molar-refractivity contribution in [2.75, 3.05) is 19.7 Å². The van der Waals surface area contributed by atoms with Crippen LogP contribution in [0.5, 0.6) is 0 Å². The number of carbonyl (C=O) groups is 1. The van der Waals surface area contributed by atoms with Crippen molar-refractivity contribution in [2.24, 2.45) is 0 Å². The van der Waals surface area contributed by atoms with Gasteiger partial charge in [0.2, 0.25) is 5.91 Å². The van der Waals surface area contributed by atoms with E-state index >= 15 is 0 Å². The summed E-state index contributed by atoms with van der Waals surface area (Å²) in [4.78, 5) is 11.2. The molecule has 7 heteroatoms. The van der Waals surface area contributed by atoms with Crippen molar-refractivity contribution in [3.8, 4) is 0 Å². The second-order valence-electron chi connectivity index (χ2n) is 4.43. The molecule has 0 saturated carbocycles. The van der Waals surface area contributed by atoms with Gasteiger partial charge in [0, 0.05) is 12.1 Å². The van der Waals surface area contributed by atoms with Gasteiger partial charge in [-0.2, -0.15) is 13.2 Å². The maximum absolute atomic E-state index is 11.8. The van der Waals surface area contributed by atoms with Crippen molar-refractivity contribution < 1.29 is 22.7 Å². The molecule has 1 saturated heterocycles. The van der Waals surface area contributed by atoms with E-state index in [0.29, 0.717) is 6.61 Å². The first-order chi connectivity index (χ1) is 7.73. The van der Waals surface area contributed by atoms with Crippen LogP contribution >= 0.6 is 0 Å². The molecule has 1 aliphatic rings. The monoisotopic (exact) mass is 254 g/mol. The number of ether oxygens (including phenoxy) is 1. The summed E-state index contributed by atoms with van der Waals surface area (Å²) in [5, 5.41) is 4.75. The Hall–Kier alpha value is -0.820. The van der Waals surface area contributed by atoms with Crippen LogP contribution in [0.25, 0.3) is 0 Å². The molecule has 100 valence electrons. The molecule has 0 aromatic heterocycles. The first-order valence-corrected chi connectivity index (χ1v) is 5.43. The van der Waals surface area contributed by atoms with Crippen molar-refractivity contribution >= 4 is 5.91 Å². The van der Waals surface area contributed by atoms with E-state index in [1.165, 1.54) is 0 Å². The Balaban J connectivity index is 2.28. The minimum Gasteiger partial charge on any atom is -0.377 e. The maximum Gasteiger partial charge on any atom is 0.405 e. The summed E-state index contributed by atoms with van der Waals surface area (Å²) < 4.78 is 40.9. The molecule has 1 heterocycles. The van der Waals surface area contributed by atoms with Crippen LogP contribution in [0, 0.1) is 0 Å². The fourth-order valence-corrected chi connectivity index (χ4v) is 1.61. The molecule has 0 bridgehead atoms. The molecule has 2 N–H and O–H groups in total. The third kappa shape index (κ3) is 4.51.